The average Bonchev–Trinajstić information content (AvgIpc) is 2.55. The molecule has 0 bridgehead atoms. The summed E-state index contributed by atoms with van der Waals surface area (Å²) in [7, 11) is 3.88. The maximum atomic E-state index is 6.28. The Morgan fingerprint density at radius 3 is 2.85 bits per heavy atom. The molecule has 1 aliphatic heterocycles. The Morgan fingerprint density at radius 1 is 1.45 bits per heavy atom. The van der Waals surface area contributed by atoms with E-state index in [1.807, 2.05) is 0 Å². The van der Waals surface area contributed by atoms with Crippen LogP contribution in [0.2, 0.25) is 5.02 Å². The standard InChI is InChI=1S/C17H24ClNO/c1-12(2)5-6-14-11-19(3)8-7-13-9-16(18)17(20-4)10-15(13)14/h5,9-10,14H,6-8,11H2,1-4H3. The van der Waals surface area contributed by atoms with E-state index >= 15 is 0 Å². The molecule has 1 aromatic carbocycles. The van der Waals surface area contributed by atoms with E-state index in [9.17, 15) is 0 Å². The monoisotopic (exact) mass is 293 g/mol. The predicted octanol–water partition coefficient (Wildman–Crippen LogP) is 4.28. The van der Waals surface area contributed by atoms with Crippen molar-refractivity contribution >= 4 is 11.6 Å². The highest BCUT2D eigenvalue weighted by Crippen LogP contribution is 2.35. The number of fused-ring (bicyclic) bond motifs is 1. The molecule has 2 nitrogen and oxygen atoms in total. The second-order valence-corrected chi connectivity index (χ2v) is 6.32. The minimum Gasteiger partial charge on any atom is -0.495 e. The van der Waals surface area contributed by atoms with Crippen LogP contribution in [-0.4, -0.2) is 32.1 Å². The number of methoxy groups -OCH3 is 1. The summed E-state index contributed by atoms with van der Waals surface area (Å²) >= 11 is 6.28. The number of hydrogen-bond donors (Lipinski definition) is 0. The van der Waals surface area contributed by atoms with Crippen LogP contribution >= 0.6 is 11.6 Å². The fraction of sp³-hybridized carbons (Fsp3) is 0.529. The molecule has 0 amide bonds. The van der Waals surface area contributed by atoms with Gasteiger partial charge < -0.3 is 9.64 Å². The third kappa shape index (κ3) is 3.56. The van der Waals surface area contributed by atoms with Crippen molar-refractivity contribution in [1.29, 1.82) is 0 Å². The van der Waals surface area contributed by atoms with Crippen molar-refractivity contribution < 1.29 is 4.74 Å². The average molecular weight is 294 g/mol. The zero-order chi connectivity index (χ0) is 14.7. The van der Waals surface area contributed by atoms with E-state index < -0.39 is 0 Å². The molecule has 1 aliphatic rings. The first-order valence-electron chi connectivity index (χ1n) is 7.19. The number of rotatable bonds is 3. The molecule has 1 aromatic rings. The van der Waals surface area contributed by atoms with Crippen LogP contribution in [0.4, 0.5) is 0 Å². The fourth-order valence-electron chi connectivity index (χ4n) is 2.82. The van der Waals surface area contributed by atoms with Crippen molar-refractivity contribution in [3.63, 3.8) is 0 Å². The first-order chi connectivity index (χ1) is 9.51. The molecule has 2 rings (SSSR count). The number of halogens is 1. The molecular weight excluding hydrogens is 270 g/mol. The quantitative estimate of drug-likeness (QED) is 0.772. The van der Waals surface area contributed by atoms with Crippen LogP contribution in [0.15, 0.2) is 23.8 Å². The number of likely N-dealkylation sites (N-methyl/N-ethyl adjacent to an activating group) is 1. The largest absolute Gasteiger partial charge is 0.495 e. The fourth-order valence-corrected chi connectivity index (χ4v) is 3.08. The van der Waals surface area contributed by atoms with Crippen LogP contribution in [0.25, 0.3) is 0 Å². The van der Waals surface area contributed by atoms with Crippen LogP contribution in [0, 0.1) is 0 Å². The van der Waals surface area contributed by atoms with E-state index in [2.05, 4.69) is 44.0 Å². The van der Waals surface area contributed by atoms with Crippen LogP contribution in [0.5, 0.6) is 5.75 Å². The number of hydrogen-bond acceptors (Lipinski definition) is 2. The van der Waals surface area contributed by atoms with Crippen molar-refractivity contribution in [2.24, 2.45) is 0 Å². The zero-order valence-electron chi connectivity index (χ0n) is 12.9. The van der Waals surface area contributed by atoms with Crippen molar-refractivity contribution in [2.45, 2.75) is 32.6 Å². The lowest BCUT2D eigenvalue weighted by Crippen LogP contribution is -2.23. The maximum Gasteiger partial charge on any atom is 0.137 e. The summed E-state index contributed by atoms with van der Waals surface area (Å²) < 4.78 is 5.39. The van der Waals surface area contributed by atoms with E-state index in [1.54, 1.807) is 7.11 Å². The second-order valence-electron chi connectivity index (χ2n) is 5.91. The number of nitrogens with zero attached hydrogens (tertiary/aromatic N) is 1. The summed E-state index contributed by atoms with van der Waals surface area (Å²) in [5.74, 6) is 1.30. The lowest BCUT2D eigenvalue weighted by atomic mass is 9.90. The molecular formula is C17H24ClNO. The maximum absolute atomic E-state index is 6.28. The molecule has 0 aromatic heterocycles. The van der Waals surface area contributed by atoms with Crippen molar-refractivity contribution in [3.05, 3.63) is 39.9 Å². The molecule has 0 saturated heterocycles. The molecule has 0 saturated carbocycles. The second kappa shape index (κ2) is 6.64. The van der Waals surface area contributed by atoms with Gasteiger partial charge in [0.05, 0.1) is 12.1 Å². The Hall–Kier alpha value is -0.990. The minimum absolute atomic E-state index is 0.513. The first-order valence-corrected chi connectivity index (χ1v) is 7.57. The molecule has 20 heavy (non-hydrogen) atoms. The van der Waals surface area contributed by atoms with Gasteiger partial charge in [-0.15, -0.1) is 0 Å². The highest BCUT2D eigenvalue weighted by molar-refractivity contribution is 6.32. The minimum atomic E-state index is 0.513. The summed E-state index contributed by atoms with van der Waals surface area (Å²) in [6, 6.07) is 4.23. The normalized spacial score (nSPS) is 19.1. The summed E-state index contributed by atoms with van der Waals surface area (Å²) in [5, 5.41) is 0.719. The summed E-state index contributed by atoms with van der Waals surface area (Å²) in [6.07, 6.45) is 4.46. The molecule has 0 spiro atoms. The van der Waals surface area contributed by atoms with Crippen molar-refractivity contribution in [2.75, 3.05) is 27.2 Å². The summed E-state index contributed by atoms with van der Waals surface area (Å²) in [4.78, 5) is 2.41. The van der Waals surface area contributed by atoms with Gasteiger partial charge in [-0.3, -0.25) is 0 Å². The molecule has 0 N–H and O–H groups in total. The van der Waals surface area contributed by atoms with E-state index in [1.165, 1.54) is 16.7 Å². The number of benzene rings is 1. The topological polar surface area (TPSA) is 12.5 Å². The Morgan fingerprint density at radius 2 is 2.20 bits per heavy atom. The SMILES string of the molecule is COc1cc2c(cc1Cl)CCN(C)CC2CC=C(C)C. The number of ether oxygens (including phenoxy) is 1. The van der Waals surface area contributed by atoms with E-state index in [4.69, 9.17) is 16.3 Å². The van der Waals surface area contributed by atoms with Gasteiger partial charge in [0.2, 0.25) is 0 Å². The Bertz CT molecular complexity index is 506. The van der Waals surface area contributed by atoms with Gasteiger partial charge in [-0.1, -0.05) is 23.3 Å². The zero-order valence-corrected chi connectivity index (χ0v) is 13.6. The van der Waals surface area contributed by atoms with Gasteiger partial charge in [0.15, 0.2) is 0 Å². The van der Waals surface area contributed by atoms with Gasteiger partial charge in [-0.05, 0) is 57.0 Å². The molecule has 0 radical (unpaired) electrons. The van der Waals surface area contributed by atoms with E-state index in [0.717, 1.165) is 36.7 Å². The lowest BCUT2D eigenvalue weighted by Gasteiger charge is -2.21. The highest BCUT2D eigenvalue weighted by atomic mass is 35.5. The molecule has 110 valence electrons. The van der Waals surface area contributed by atoms with Gasteiger partial charge in [0.25, 0.3) is 0 Å². The Balaban J connectivity index is 2.40. The predicted molar refractivity (Wildman–Crippen MR) is 86.0 cm³/mol. The van der Waals surface area contributed by atoms with Crippen molar-refractivity contribution in [1.82, 2.24) is 4.90 Å². The van der Waals surface area contributed by atoms with Crippen LogP contribution in [-0.2, 0) is 6.42 Å². The van der Waals surface area contributed by atoms with Crippen LogP contribution in [0.1, 0.15) is 37.3 Å². The molecule has 1 unspecified atom stereocenters. The lowest BCUT2D eigenvalue weighted by molar-refractivity contribution is 0.325. The van der Waals surface area contributed by atoms with E-state index in [-0.39, 0.29) is 0 Å². The summed E-state index contributed by atoms with van der Waals surface area (Å²) in [6.45, 7) is 6.48. The van der Waals surface area contributed by atoms with Crippen molar-refractivity contribution in [3.8, 4) is 5.75 Å². The smallest absolute Gasteiger partial charge is 0.137 e. The van der Waals surface area contributed by atoms with Gasteiger partial charge in [-0.25, -0.2) is 0 Å². The van der Waals surface area contributed by atoms with Gasteiger partial charge in [0.1, 0.15) is 5.75 Å². The van der Waals surface area contributed by atoms with Crippen LogP contribution in [0.3, 0.4) is 0 Å². The van der Waals surface area contributed by atoms with Crippen LogP contribution < -0.4 is 4.74 Å². The molecule has 3 heteroatoms. The highest BCUT2D eigenvalue weighted by Gasteiger charge is 2.22. The molecule has 1 atom stereocenters. The third-order valence-electron chi connectivity index (χ3n) is 3.96. The molecule has 1 heterocycles. The number of allylic oxidation sites excluding steroid dienone is 2. The van der Waals surface area contributed by atoms with Gasteiger partial charge >= 0.3 is 0 Å². The van der Waals surface area contributed by atoms with Gasteiger partial charge in [0, 0.05) is 19.0 Å². The Labute approximate surface area is 127 Å². The summed E-state index contributed by atoms with van der Waals surface area (Å²) in [5.41, 5.74) is 4.14. The van der Waals surface area contributed by atoms with Gasteiger partial charge in [-0.2, -0.15) is 0 Å². The Kier molecular flexibility index (Phi) is 5.11. The molecule has 0 fully saturated rings. The molecule has 0 aliphatic carbocycles. The first kappa shape index (κ1) is 15.4. The third-order valence-corrected chi connectivity index (χ3v) is 4.25. The van der Waals surface area contributed by atoms with E-state index in [0.29, 0.717) is 5.92 Å².